The van der Waals surface area contributed by atoms with Gasteiger partial charge in [-0.25, -0.2) is 4.79 Å². The maximum absolute atomic E-state index is 10.6. The Kier molecular flexibility index (Phi) is 2.82. The number of carbonyl (C=O) groups is 1. The van der Waals surface area contributed by atoms with Crippen molar-refractivity contribution in [3.8, 4) is 12.3 Å². The minimum atomic E-state index is -1.13. The number of rotatable bonds is 1. The smallest absolute Gasteiger partial charge is 0.337 e. The predicted molar refractivity (Wildman–Crippen MR) is 51.4 cm³/mol. The van der Waals surface area contributed by atoms with Gasteiger partial charge in [-0.15, -0.1) is 6.42 Å². The Morgan fingerprint density at radius 1 is 1.46 bits per heavy atom. The number of carboxylic acid groups (broad SMARTS) is 1. The predicted octanol–water partition coefficient (Wildman–Crippen LogP) is 2.67. The van der Waals surface area contributed by atoms with Crippen LogP contribution in [0.15, 0.2) is 12.1 Å². The van der Waals surface area contributed by atoms with Crippen LogP contribution in [-0.2, 0) is 0 Å². The third-order valence-electron chi connectivity index (χ3n) is 1.47. The zero-order valence-corrected chi connectivity index (χ0v) is 7.86. The van der Waals surface area contributed by atoms with Gasteiger partial charge < -0.3 is 5.11 Å². The molecule has 0 radical (unpaired) electrons. The van der Waals surface area contributed by atoms with E-state index in [1.807, 2.05) is 0 Å². The molecule has 0 fully saturated rings. The standard InChI is InChI=1S/C9H4Cl2O2/c1-2-5-7(10)4-3-6(8(5)11)9(12)13/h1,3-4H,(H,12,13). The summed E-state index contributed by atoms with van der Waals surface area (Å²) in [6.45, 7) is 0. The molecule has 0 saturated heterocycles. The van der Waals surface area contributed by atoms with Crippen molar-refractivity contribution in [2.24, 2.45) is 0 Å². The highest BCUT2D eigenvalue weighted by Gasteiger charge is 2.13. The van der Waals surface area contributed by atoms with Crippen LogP contribution in [0.5, 0.6) is 0 Å². The van der Waals surface area contributed by atoms with Gasteiger partial charge in [0.2, 0.25) is 0 Å². The lowest BCUT2D eigenvalue weighted by atomic mass is 10.1. The fourth-order valence-corrected chi connectivity index (χ4v) is 1.41. The van der Waals surface area contributed by atoms with Crippen molar-refractivity contribution in [3.05, 3.63) is 33.3 Å². The summed E-state index contributed by atoms with van der Waals surface area (Å²) in [6, 6.07) is 2.72. The second-order valence-corrected chi connectivity index (χ2v) is 3.02. The molecular formula is C9H4Cl2O2. The highest BCUT2D eigenvalue weighted by Crippen LogP contribution is 2.27. The van der Waals surface area contributed by atoms with Crippen LogP contribution in [0.4, 0.5) is 0 Å². The molecule has 1 aromatic rings. The maximum Gasteiger partial charge on any atom is 0.337 e. The largest absolute Gasteiger partial charge is 0.478 e. The van der Waals surface area contributed by atoms with Crippen molar-refractivity contribution in [1.82, 2.24) is 0 Å². The van der Waals surface area contributed by atoms with Gasteiger partial charge in [-0.1, -0.05) is 29.1 Å². The molecule has 0 atom stereocenters. The molecule has 1 N–H and O–H groups in total. The molecule has 1 rings (SSSR count). The van der Waals surface area contributed by atoms with E-state index in [2.05, 4.69) is 5.92 Å². The number of hydrogen-bond acceptors (Lipinski definition) is 1. The first-order chi connectivity index (χ1) is 6.07. The van der Waals surface area contributed by atoms with Gasteiger partial charge in [-0.2, -0.15) is 0 Å². The molecule has 0 spiro atoms. The lowest BCUT2D eigenvalue weighted by Crippen LogP contribution is -1.98. The molecule has 0 aliphatic rings. The van der Waals surface area contributed by atoms with E-state index in [0.717, 1.165) is 0 Å². The fraction of sp³-hybridized carbons (Fsp3) is 0. The van der Waals surface area contributed by atoms with E-state index >= 15 is 0 Å². The third kappa shape index (κ3) is 1.77. The first-order valence-electron chi connectivity index (χ1n) is 3.26. The van der Waals surface area contributed by atoms with Crippen LogP contribution >= 0.6 is 23.2 Å². The maximum atomic E-state index is 10.6. The highest BCUT2D eigenvalue weighted by molar-refractivity contribution is 6.38. The number of hydrogen-bond donors (Lipinski definition) is 1. The topological polar surface area (TPSA) is 37.3 Å². The van der Waals surface area contributed by atoms with Gasteiger partial charge >= 0.3 is 5.97 Å². The Labute approximate surface area is 85.1 Å². The van der Waals surface area contributed by atoms with E-state index in [9.17, 15) is 4.79 Å². The van der Waals surface area contributed by atoms with Gasteiger partial charge in [0, 0.05) is 0 Å². The van der Waals surface area contributed by atoms with E-state index in [4.69, 9.17) is 34.7 Å². The molecule has 0 unspecified atom stereocenters. The fourth-order valence-electron chi connectivity index (χ4n) is 0.850. The van der Waals surface area contributed by atoms with Crippen molar-refractivity contribution >= 4 is 29.2 Å². The second-order valence-electron chi connectivity index (χ2n) is 2.23. The van der Waals surface area contributed by atoms with E-state index in [-0.39, 0.29) is 21.2 Å². The van der Waals surface area contributed by atoms with Crippen LogP contribution < -0.4 is 0 Å². The molecule has 13 heavy (non-hydrogen) atoms. The van der Waals surface area contributed by atoms with Gasteiger partial charge in [0.1, 0.15) is 0 Å². The van der Waals surface area contributed by atoms with Gasteiger partial charge in [0.05, 0.1) is 21.2 Å². The second kappa shape index (κ2) is 3.69. The average molecular weight is 215 g/mol. The van der Waals surface area contributed by atoms with E-state index < -0.39 is 5.97 Å². The van der Waals surface area contributed by atoms with Gasteiger partial charge in [0.25, 0.3) is 0 Å². The molecule has 0 saturated carbocycles. The summed E-state index contributed by atoms with van der Waals surface area (Å²) in [5.74, 6) is 1.10. The van der Waals surface area contributed by atoms with E-state index in [1.165, 1.54) is 12.1 Å². The summed E-state index contributed by atoms with van der Waals surface area (Å²) in [7, 11) is 0. The number of benzene rings is 1. The average Bonchev–Trinajstić information content (AvgIpc) is 2.04. The lowest BCUT2D eigenvalue weighted by molar-refractivity contribution is 0.0697. The normalized spacial score (nSPS) is 9.31. The van der Waals surface area contributed by atoms with E-state index in [0.29, 0.717) is 0 Å². The number of aromatic carboxylic acids is 1. The Morgan fingerprint density at radius 2 is 2.08 bits per heavy atom. The van der Waals surface area contributed by atoms with Gasteiger partial charge in [-0.3, -0.25) is 0 Å². The molecule has 0 amide bonds. The zero-order chi connectivity index (χ0) is 10.0. The summed E-state index contributed by atoms with van der Waals surface area (Å²) in [6.07, 6.45) is 5.11. The molecule has 0 aromatic heterocycles. The van der Waals surface area contributed by atoms with Crippen molar-refractivity contribution in [2.75, 3.05) is 0 Å². The quantitative estimate of drug-likeness (QED) is 0.731. The minimum absolute atomic E-state index is 0.00231. The minimum Gasteiger partial charge on any atom is -0.478 e. The highest BCUT2D eigenvalue weighted by atomic mass is 35.5. The summed E-state index contributed by atoms with van der Waals surface area (Å²) in [5.41, 5.74) is 0.169. The van der Waals surface area contributed by atoms with Gasteiger partial charge in [0.15, 0.2) is 0 Å². The first kappa shape index (κ1) is 9.91. The molecule has 0 heterocycles. The Balaban J connectivity index is 3.47. The summed E-state index contributed by atoms with van der Waals surface area (Å²) >= 11 is 11.4. The Morgan fingerprint density at radius 3 is 2.54 bits per heavy atom. The van der Waals surface area contributed by atoms with Crippen LogP contribution in [0.2, 0.25) is 10.0 Å². The van der Waals surface area contributed by atoms with Crippen molar-refractivity contribution in [2.45, 2.75) is 0 Å². The van der Waals surface area contributed by atoms with Crippen molar-refractivity contribution in [3.63, 3.8) is 0 Å². The third-order valence-corrected chi connectivity index (χ3v) is 2.17. The summed E-state index contributed by atoms with van der Waals surface area (Å²) in [4.78, 5) is 10.6. The van der Waals surface area contributed by atoms with E-state index in [1.54, 1.807) is 0 Å². The molecule has 2 nitrogen and oxygen atoms in total. The molecule has 0 aliphatic carbocycles. The lowest BCUT2D eigenvalue weighted by Gasteiger charge is -2.02. The summed E-state index contributed by atoms with van der Waals surface area (Å²) < 4.78 is 0. The van der Waals surface area contributed by atoms with Crippen LogP contribution in [0, 0.1) is 12.3 Å². The molecule has 66 valence electrons. The van der Waals surface area contributed by atoms with Gasteiger partial charge in [-0.05, 0) is 12.1 Å². The molecule has 0 aliphatic heterocycles. The number of terminal acetylenes is 1. The Bertz CT molecular complexity index is 405. The van der Waals surface area contributed by atoms with Crippen LogP contribution in [-0.4, -0.2) is 11.1 Å². The molecule has 1 aromatic carbocycles. The monoisotopic (exact) mass is 214 g/mol. The van der Waals surface area contributed by atoms with Crippen LogP contribution in [0.3, 0.4) is 0 Å². The first-order valence-corrected chi connectivity index (χ1v) is 4.01. The van der Waals surface area contributed by atoms with Crippen LogP contribution in [0.1, 0.15) is 15.9 Å². The molecule has 0 bridgehead atoms. The number of carboxylic acids is 1. The zero-order valence-electron chi connectivity index (χ0n) is 6.34. The molecule has 4 heteroatoms. The molecular weight excluding hydrogens is 211 g/mol. The van der Waals surface area contributed by atoms with Crippen molar-refractivity contribution in [1.29, 1.82) is 0 Å². The van der Waals surface area contributed by atoms with Crippen molar-refractivity contribution < 1.29 is 9.90 Å². The van der Waals surface area contributed by atoms with Crippen LogP contribution in [0.25, 0.3) is 0 Å². The Hall–Kier alpha value is -1.17. The summed E-state index contributed by atoms with van der Waals surface area (Å²) in [5, 5.41) is 8.96. The SMILES string of the molecule is C#Cc1c(Cl)ccc(C(=O)O)c1Cl. The number of halogens is 2.